The first-order valence-electron chi connectivity index (χ1n) is 8.83. The van der Waals surface area contributed by atoms with Gasteiger partial charge in [0.15, 0.2) is 5.25 Å². The number of amides is 1. The van der Waals surface area contributed by atoms with Crippen molar-refractivity contribution in [3.63, 3.8) is 0 Å². The third-order valence-corrected chi connectivity index (χ3v) is 5.10. The molecule has 2 heterocycles. The van der Waals surface area contributed by atoms with E-state index in [1.807, 2.05) is 25.7 Å². The molecule has 0 bridgehead atoms. The second kappa shape index (κ2) is 6.28. The first-order chi connectivity index (χ1) is 11.5. The van der Waals surface area contributed by atoms with Crippen LogP contribution in [-0.4, -0.2) is 37.4 Å². The summed E-state index contributed by atoms with van der Waals surface area (Å²) in [6.07, 6.45) is 3.55. The largest absolute Gasteiger partial charge is 0.444 e. The summed E-state index contributed by atoms with van der Waals surface area (Å²) in [6.45, 7) is 12.2. The fourth-order valence-electron chi connectivity index (χ4n) is 3.10. The number of piperidine rings is 1. The lowest BCUT2D eigenvalue weighted by molar-refractivity contribution is 0.0175. The average Bonchev–Trinajstić information content (AvgIpc) is 2.91. The Hall–Kier alpha value is -1.61. The van der Waals surface area contributed by atoms with E-state index in [1.165, 1.54) is 0 Å². The zero-order chi connectivity index (χ0) is 18.4. The van der Waals surface area contributed by atoms with Crippen molar-refractivity contribution in [2.24, 2.45) is 5.92 Å². The van der Waals surface area contributed by atoms with Gasteiger partial charge in [0, 0.05) is 12.0 Å². The molecule has 0 aromatic carbocycles. The molecule has 1 saturated heterocycles. The molecule has 6 heteroatoms. The van der Waals surface area contributed by atoms with E-state index in [2.05, 4.69) is 41.9 Å². The molecule has 1 aliphatic heterocycles. The minimum atomic E-state index is -0.486. The average molecular weight is 363 g/mol. The van der Waals surface area contributed by atoms with Gasteiger partial charge in [-0.15, -0.1) is 0 Å². The molecule has 0 unspecified atom stereocenters. The summed E-state index contributed by atoms with van der Waals surface area (Å²) in [5, 5.41) is 3.17. The number of hydrogen-bond donors (Lipinski definition) is 1. The van der Waals surface area contributed by atoms with Gasteiger partial charge in [0.25, 0.3) is 0 Å². The number of thiol groups is 1. The van der Waals surface area contributed by atoms with Gasteiger partial charge < -0.3 is 9.72 Å². The van der Waals surface area contributed by atoms with Gasteiger partial charge in [-0.05, 0) is 60.3 Å². The van der Waals surface area contributed by atoms with Crippen LogP contribution in [0.2, 0.25) is 0 Å². The van der Waals surface area contributed by atoms with Crippen molar-refractivity contribution >= 4 is 17.9 Å². The maximum Gasteiger partial charge on any atom is 0.411 e. The third kappa shape index (κ3) is 4.52. The number of aromatic nitrogens is 2. The minimum Gasteiger partial charge on any atom is -0.444 e. The van der Waals surface area contributed by atoms with Crippen LogP contribution in [0.15, 0.2) is 6.20 Å². The summed E-state index contributed by atoms with van der Waals surface area (Å²) in [5.41, 5.74) is 0.317. The highest BCUT2D eigenvalue weighted by molar-refractivity contribution is 7.84. The van der Waals surface area contributed by atoms with Crippen molar-refractivity contribution < 1.29 is 9.53 Å². The van der Waals surface area contributed by atoms with E-state index in [0.29, 0.717) is 12.0 Å². The van der Waals surface area contributed by atoms with E-state index in [4.69, 9.17) is 4.74 Å². The molecule has 1 aromatic heterocycles. The van der Waals surface area contributed by atoms with E-state index < -0.39 is 5.60 Å². The minimum absolute atomic E-state index is 0.0330. The normalized spacial score (nSPS) is 25.2. The van der Waals surface area contributed by atoms with Crippen molar-refractivity contribution in [3.8, 4) is 11.2 Å². The Morgan fingerprint density at radius 3 is 2.68 bits per heavy atom. The monoisotopic (exact) mass is 362 g/mol. The van der Waals surface area contributed by atoms with Gasteiger partial charge in [-0.3, -0.25) is 4.90 Å². The Morgan fingerprint density at radius 1 is 1.32 bits per heavy atom. The lowest BCUT2D eigenvalue weighted by Crippen LogP contribution is -2.38. The number of H-pyrrole nitrogens is 1. The van der Waals surface area contributed by atoms with Crippen molar-refractivity contribution in [2.45, 2.75) is 76.8 Å². The fourth-order valence-corrected chi connectivity index (χ4v) is 3.61. The van der Waals surface area contributed by atoms with Gasteiger partial charge in [0.05, 0.1) is 24.0 Å². The number of carbonyl (C=O) groups is 1. The maximum absolute atomic E-state index is 12.6. The van der Waals surface area contributed by atoms with Crippen LogP contribution in [0.3, 0.4) is 0 Å². The van der Waals surface area contributed by atoms with E-state index in [0.717, 1.165) is 36.1 Å². The molecule has 1 N–H and O–H groups in total. The van der Waals surface area contributed by atoms with Crippen molar-refractivity contribution in [1.82, 2.24) is 14.9 Å². The maximum atomic E-state index is 12.6. The van der Waals surface area contributed by atoms with E-state index in [-0.39, 0.29) is 16.9 Å². The Bertz CT molecular complexity index is 717. The van der Waals surface area contributed by atoms with Gasteiger partial charge in [-0.25, -0.2) is 9.78 Å². The van der Waals surface area contributed by atoms with Crippen LogP contribution in [0.4, 0.5) is 4.79 Å². The zero-order valence-corrected chi connectivity index (χ0v) is 16.8. The molecule has 5 nitrogen and oxygen atoms in total. The number of carbonyl (C=O) groups excluding carboxylic acids is 1. The molecule has 1 aliphatic carbocycles. The highest BCUT2D eigenvalue weighted by atomic mass is 32.2. The van der Waals surface area contributed by atoms with Crippen LogP contribution in [0.25, 0.3) is 0 Å². The number of rotatable bonds is 1. The molecule has 2 aliphatic rings. The highest BCUT2D eigenvalue weighted by Gasteiger charge is 2.56. The summed E-state index contributed by atoms with van der Waals surface area (Å²) in [5.74, 6) is 4.53. The summed E-state index contributed by atoms with van der Waals surface area (Å²) >= 11 is 1.09. The number of nitrogens with zero attached hydrogens (tertiary/aromatic N) is 2. The van der Waals surface area contributed by atoms with Gasteiger partial charge in [-0.1, -0.05) is 0 Å². The lowest BCUT2D eigenvalue weighted by Gasteiger charge is -2.29. The molecule has 25 heavy (non-hydrogen) atoms. The number of nitrogens with one attached hydrogen (secondary N) is 1. The quantitative estimate of drug-likeness (QED) is 0.473. The number of ether oxygens (including phenoxy) is 1. The van der Waals surface area contributed by atoms with Gasteiger partial charge in [-0.2, -0.15) is 0 Å². The first-order valence-corrected chi connectivity index (χ1v) is 9.72. The topological polar surface area (TPSA) is 58.2 Å². The molecular formula is C19H28N3O2S+. The Balaban J connectivity index is 1.72. The van der Waals surface area contributed by atoms with Crippen molar-refractivity contribution in [3.05, 3.63) is 17.7 Å². The van der Waals surface area contributed by atoms with E-state index >= 15 is 0 Å². The Labute approximate surface area is 154 Å². The summed E-state index contributed by atoms with van der Waals surface area (Å²) in [7, 11) is 0. The summed E-state index contributed by atoms with van der Waals surface area (Å²) < 4.78 is 5.76. The number of likely N-dealkylation sites (tertiary alicyclic amines) is 1. The molecule has 1 aromatic rings. The molecule has 0 spiro atoms. The van der Waals surface area contributed by atoms with Crippen molar-refractivity contribution in [2.75, 3.05) is 0 Å². The Kier molecular flexibility index (Phi) is 4.57. The summed E-state index contributed by atoms with van der Waals surface area (Å²) in [6, 6.07) is 0.271. The predicted molar refractivity (Wildman–Crippen MR) is 101 cm³/mol. The smallest absolute Gasteiger partial charge is 0.411 e. The van der Waals surface area contributed by atoms with Gasteiger partial charge in [0.1, 0.15) is 21.9 Å². The zero-order valence-electron chi connectivity index (χ0n) is 15.9. The van der Waals surface area contributed by atoms with Crippen LogP contribution in [0.5, 0.6) is 0 Å². The van der Waals surface area contributed by atoms with Crippen LogP contribution >= 0.6 is 0 Å². The second-order valence-electron chi connectivity index (χ2n) is 8.90. The van der Waals surface area contributed by atoms with Crippen LogP contribution in [-0.2, 0) is 16.5 Å². The number of imidazole rings is 1. The highest BCUT2D eigenvalue weighted by Crippen LogP contribution is 2.53. The summed E-state index contributed by atoms with van der Waals surface area (Å²) in [4.78, 5) is 22.3. The molecule has 3 rings (SSSR count). The molecule has 136 valence electrons. The first kappa shape index (κ1) is 18.2. The van der Waals surface area contributed by atoms with Crippen molar-refractivity contribution in [1.29, 1.82) is 0 Å². The Morgan fingerprint density at radius 2 is 2.04 bits per heavy atom. The standard InChI is InChI=1S/C19H27N3O2S/c1-18(2,3)24-17(23)22-14-9-12(14)10-15(22)16-20-11-13(21-16)7-8-25-19(4,5)6/h11-12,14-15H,9-10H2,1-6H3,(H,20,21)/p+1/t12-,14-,15+/m1/s1. The molecular weight excluding hydrogens is 334 g/mol. The van der Waals surface area contributed by atoms with Crippen LogP contribution < -0.4 is 0 Å². The van der Waals surface area contributed by atoms with Gasteiger partial charge >= 0.3 is 6.09 Å². The third-order valence-electron chi connectivity index (χ3n) is 4.20. The molecule has 2 fully saturated rings. The molecule has 0 radical (unpaired) electrons. The number of hydrogen-bond acceptors (Lipinski definition) is 3. The molecule has 1 saturated carbocycles. The molecule has 1 amide bonds. The number of fused-ring (bicyclic) bond motifs is 1. The lowest BCUT2D eigenvalue weighted by atomic mass is 10.1. The molecule has 3 atom stereocenters. The fraction of sp³-hybridized carbons (Fsp3) is 0.684. The second-order valence-corrected chi connectivity index (χ2v) is 10.7. The van der Waals surface area contributed by atoms with Crippen LogP contribution in [0.1, 0.15) is 71.9 Å². The SMILES string of the molecule is CC(C)(C)OC(=O)N1[C@@H]2C[C@@H]2C[C@H]1c1ncc(C#C[SH+]C(C)(C)C)[nH]1. The van der Waals surface area contributed by atoms with Gasteiger partial charge in [0.2, 0.25) is 0 Å². The van der Waals surface area contributed by atoms with Crippen LogP contribution in [0, 0.1) is 17.1 Å². The van der Waals surface area contributed by atoms with E-state index in [9.17, 15) is 4.79 Å². The predicted octanol–water partition coefficient (Wildman–Crippen LogP) is 3.40. The van der Waals surface area contributed by atoms with E-state index in [1.54, 1.807) is 6.20 Å². The number of aromatic amines is 1.